The fraction of sp³-hybridized carbons (Fsp3) is 0.542. The van der Waals surface area contributed by atoms with E-state index in [1.54, 1.807) is 0 Å². The average molecular weight is 449 g/mol. The van der Waals surface area contributed by atoms with Crippen LogP contribution in [0, 0.1) is 0 Å². The van der Waals surface area contributed by atoms with Crippen LogP contribution in [0.2, 0.25) is 0 Å². The molecule has 0 aliphatic heterocycles. The van der Waals surface area contributed by atoms with Gasteiger partial charge >= 0.3 is 6.09 Å². The van der Waals surface area contributed by atoms with Gasteiger partial charge in [0.2, 0.25) is 0 Å². The zero-order valence-corrected chi connectivity index (χ0v) is 19.3. The quantitative estimate of drug-likeness (QED) is 0.382. The van der Waals surface area contributed by atoms with Crippen LogP contribution in [0.1, 0.15) is 20.8 Å². The van der Waals surface area contributed by atoms with Gasteiger partial charge in [-0.05, 0) is 32.2 Å². The number of amides is 1. The summed E-state index contributed by atoms with van der Waals surface area (Å²) in [6.07, 6.45) is -1.07. The van der Waals surface area contributed by atoms with E-state index in [1.165, 1.54) is 0 Å². The molecule has 1 atom stereocenters. The summed E-state index contributed by atoms with van der Waals surface area (Å²) in [5, 5.41) is 18.0. The molecule has 2 aromatic carbocycles. The Morgan fingerprint density at radius 2 is 1.66 bits per heavy atom. The fourth-order valence-corrected chi connectivity index (χ4v) is 2.84. The van der Waals surface area contributed by atoms with E-state index < -0.39 is 17.8 Å². The van der Waals surface area contributed by atoms with Crippen molar-refractivity contribution in [3.63, 3.8) is 0 Å². The summed E-state index contributed by atoms with van der Waals surface area (Å²) < 4.78 is 21.8. The van der Waals surface area contributed by atoms with Gasteiger partial charge < -0.3 is 34.7 Å². The van der Waals surface area contributed by atoms with Crippen molar-refractivity contribution in [3.8, 4) is 5.75 Å². The number of carbonyl (C=O) groups excluding carboxylic acids is 1. The third kappa shape index (κ3) is 10.8. The van der Waals surface area contributed by atoms with Crippen molar-refractivity contribution < 1.29 is 28.8 Å². The second-order valence-electron chi connectivity index (χ2n) is 8.30. The number of carbonyl (C=O) groups is 1. The minimum Gasteiger partial charge on any atom is -0.490 e. The summed E-state index contributed by atoms with van der Waals surface area (Å²) in [5.41, 5.74) is -0.507. The number of benzene rings is 2. The van der Waals surface area contributed by atoms with Crippen LogP contribution >= 0.6 is 0 Å². The minimum atomic E-state index is -0.616. The molecule has 32 heavy (non-hydrogen) atoms. The first-order chi connectivity index (χ1) is 15.3. The molecule has 0 heterocycles. The Balaban J connectivity index is 1.43. The van der Waals surface area contributed by atoms with Crippen molar-refractivity contribution in [1.29, 1.82) is 0 Å². The zero-order chi connectivity index (χ0) is 23.2. The van der Waals surface area contributed by atoms with E-state index in [4.69, 9.17) is 18.9 Å². The lowest BCUT2D eigenvalue weighted by atomic mass is 10.1. The molecule has 1 amide bonds. The topological polar surface area (TPSA) is 98.3 Å². The maximum Gasteiger partial charge on any atom is 0.407 e. The summed E-state index contributed by atoms with van der Waals surface area (Å²) in [6.45, 7) is 8.88. The van der Waals surface area contributed by atoms with Crippen LogP contribution in [0.5, 0.6) is 5.75 Å². The lowest BCUT2D eigenvalue weighted by molar-refractivity contribution is 0.0396. The highest BCUT2D eigenvalue weighted by Crippen LogP contribution is 2.25. The second-order valence-corrected chi connectivity index (χ2v) is 8.30. The Hall–Kier alpha value is -2.39. The van der Waals surface area contributed by atoms with Crippen molar-refractivity contribution in [3.05, 3.63) is 42.5 Å². The number of hydrogen-bond donors (Lipinski definition) is 3. The van der Waals surface area contributed by atoms with Crippen LogP contribution in [0.3, 0.4) is 0 Å². The molecule has 0 spiro atoms. The third-order valence-corrected chi connectivity index (χ3v) is 4.27. The molecule has 8 heteroatoms. The molecule has 2 rings (SSSR count). The van der Waals surface area contributed by atoms with Crippen LogP contribution in [0.15, 0.2) is 42.5 Å². The average Bonchev–Trinajstić information content (AvgIpc) is 2.74. The van der Waals surface area contributed by atoms with Gasteiger partial charge in [-0.25, -0.2) is 4.79 Å². The molecule has 0 bridgehead atoms. The van der Waals surface area contributed by atoms with Crippen LogP contribution in [-0.4, -0.2) is 75.6 Å². The summed E-state index contributed by atoms with van der Waals surface area (Å²) >= 11 is 0. The lowest BCUT2D eigenvalue weighted by Crippen LogP contribution is -2.34. The van der Waals surface area contributed by atoms with Crippen LogP contribution in [0.4, 0.5) is 4.79 Å². The van der Waals surface area contributed by atoms with E-state index in [9.17, 15) is 9.90 Å². The first-order valence-electron chi connectivity index (χ1n) is 11.0. The lowest BCUT2D eigenvalue weighted by Gasteiger charge is -2.19. The molecule has 0 aromatic heterocycles. The molecule has 0 fully saturated rings. The van der Waals surface area contributed by atoms with Crippen molar-refractivity contribution >= 4 is 16.9 Å². The summed E-state index contributed by atoms with van der Waals surface area (Å²) in [4.78, 5) is 11.5. The van der Waals surface area contributed by atoms with Crippen molar-refractivity contribution in [2.45, 2.75) is 32.5 Å². The van der Waals surface area contributed by atoms with Gasteiger partial charge in [-0.15, -0.1) is 0 Å². The predicted octanol–water partition coefficient (Wildman–Crippen LogP) is 2.73. The summed E-state index contributed by atoms with van der Waals surface area (Å²) in [5.74, 6) is 0.770. The second kappa shape index (κ2) is 13.9. The molecular formula is C24H36N2O6. The Bertz CT molecular complexity index is 803. The van der Waals surface area contributed by atoms with Gasteiger partial charge in [0, 0.05) is 25.0 Å². The van der Waals surface area contributed by atoms with E-state index in [1.807, 2.05) is 63.2 Å². The molecule has 0 radical (unpaired) electrons. The van der Waals surface area contributed by atoms with Crippen LogP contribution < -0.4 is 15.4 Å². The van der Waals surface area contributed by atoms with Gasteiger partial charge in [0.1, 0.15) is 24.1 Å². The highest BCUT2D eigenvalue weighted by molar-refractivity contribution is 5.88. The van der Waals surface area contributed by atoms with E-state index in [2.05, 4.69) is 10.6 Å². The smallest absolute Gasteiger partial charge is 0.407 e. The Morgan fingerprint density at radius 3 is 2.41 bits per heavy atom. The van der Waals surface area contributed by atoms with Gasteiger partial charge in [0.15, 0.2) is 0 Å². The maximum absolute atomic E-state index is 11.5. The predicted molar refractivity (Wildman–Crippen MR) is 124 cm³/mol. The molecule has 178 valence electrons. The first-order valence-corrected chi connectivity index (χ1v) is 11.0. The van der Waals surface area contributed by atoms with Crippen molar-refractivity contribution in [2.24, 2.45) is 0 Å². The summed E-state index contributed by atoms with van der Waals surface area (Å²) in [6, 6.07) is 13.9. The molecule has 0 aliphatic carbocycles. The number of hydrogen-bond acceptors (Lipinski definition) is 7. The molecule has 3 N–H and O–H groups in total. The van der Waals surface area contributed by atoms with Gasteiger partial charge in [0.05, 0.1) is 26.4 Å². The number of nitrogens with one attached hydrogen (secondary N) is 2. The van der Waals surface area contributed by atoms with Gasteiger partial charge in [0.25, 0.3) is 0 Å². The number of ether oxygens (including phenoxy) is 4. The number of aliphatic hydroxyl groups is 1. The molecule has 1 unspecified atom stereocenters. The Kier molecular flexibility index (Phi) is 11.2. The number of alkyl carbamates (subject to hydrolysis) is 1. The normalized spacial score (nSPS) is 12.5. The van der Waals surface area contributed by atoms with E-state index in [0.717, 1.165) is 16.5 Å². The third-order valence-electron chi connectivity index (χ3n) is 4.27. The van der Waals surface area contributed by atoms with E-state index >= 15 is 0 Å². The number of fused-ring (bicyclic) bond motifs is 1. The van der Waals surface area contributed by atoms with Crippen molar-refractivity contribution in [2.75, 3.05) is 52.7 Å². The maximum atomic E-state index is 11.5. The van der Waals surface area contributed by atoms with Crippen LogP contribution in [0.25, 0.3) is 10.8 Å². The first kappa shape index (κ1) is 25.9. The van der Waals surface area contributed by atoms with Crippen molar-refractivity contribution in [1.82, 2.24) is 10.6 Å². The highest BCUT2D eigenvalue weighted by atomic mass is 16.6. The van der Waals surface area contributed by atoms with Gasteiger partial charge in [-0.2, -0.15) is 0 Å². The highest BCUT2D eigenvalue weighted by Gasteiger charge is 2.15. The minimum absolute atomic E-state index is 0.215. The SMILES string of the molecule is CC(C)(C)OC(=O)NCCOCCOCCNCC(O)COc1cccc2ccccc12. The van der Waals surface area contributed by atoms with E-state index in [0.29, 0.717) is 46.1 Å². The summed E-state index contributed by atoms with van der Waals surface area (Å²) in [7, 11) is 0. The standard InChI is InChI=1S/C24H36N2O6/c1-24(2,3)32-23(28)26-12-14-30-16-15-29-13-11-25-17-20(27)18-31-22-10-6-8-19-7-4-5-9-21(19)22/h4-10,20,25,27H,11-18H2,1-3H3,(H,26,28). The Labute approximate surface area is 190 Å². The van der Waals surface area contributed by atoms with E-state index in [-0.39, 0.29) is 6.61 Å². The fourth-order valence-electron chi connectivity index (χ4n) is 2.84. The zero-order valence-electron chi connectivity index (χ0n) is 19.3. The van der Waals surface area contributed by atoms with Gasteiger partial charge in [-0.3, -0.25) is 0 Å². The van der Waals surface area contributed by atoms with Crippen LogP contribution in [-0.2, 0) is 14.2 Å². The molecule has 2 aromatic rings. The molecule has 0 saturated heterocycles. The number of rotatable bonds is 14. The number of aliphatic hydroxyl groups excluding tert-OH is 1. The molecular weight excluding hydrogens is 412 g/mol. The molecule has 0 saturated carbocycles. The molecule has 0 aliphatic rings. The largest absolute Gasteiger partial charge is 0.490 e. The monoisotopic (exact) mass is 448 g/mol. The molecule has 8 nitrogen and oxygen atoms in total. The Morgan fingerprint density at radius 1 is 0.969 bits per heavy atom. The van der Waals surface area contributed by atoms with Gasteiger partial charge in [-0.1, -0.05) is 36.4 Å².